The van der Waals surface area contributed by atoms with Crippen molar-refractivity contribution in [3.63, 3.8) is 0 Å². The quantitative estimate of drug-likeness (QED) is 0.753. The van der Waals surface area contributed by atoms with Gasteiger partial charge in [-0.15, -0.1) is 0 Å². The fourth-order valence-corrected chi connectivity index (χ4v) is 2.27. The molecule has 1 aromatic carbocycles. The SMILES string of the molecule is CC(C)CCNC(=O)Nc1ccc(C2(C(=O)O)CC2)cc1. The van der Waals surface area contributed by atoms with Gasteiger partial charge in [-0.2, -0.15) is 0 Å². The molecule has 1 aliphatic carbocycles. The third-order valence-corrected chi connectivity index (χ3v) is 3.86. The maximum atomic E-state index is 11.7. The van der Waals surface area contributed by atoms with Crippen LogP contribution >= 0.6 is 0 Å². The number of nitrogens with one attached hydrogen (secondary N) is 2. The number of urea groups is 1. The highest BCUT2D eigenvalue weighted by atomic mass is 16.4. The molecule has 5 heteroatoms. The maximum Gasteiger partial charge on any atom is 0.319 e. The summed E-state index contributed by atoms with van der Waals surface area (Å²) in [6.07, 6.45) is 2.31. The Bertz CT molecular complexity index is 519. The standard InChI is InChI=1S/C16H22N2O3/c1-11(2)7-10-17-15(21)18-13-5-3-12(4-6-13)16(8-9-16)14(19)20/h3-6,11H,7-10H2,1-2H3,(H,19,20)(H2,17,18,21). The van der Waals surface area contributed by atoms with E-state index in [1.807, 2.05) is 0 Å². The molecule has 0 aromatic heterocycles. The first-order chi connectivity index (χ1) is 9.94. The maximum absolute atomic E-state index is 11.7. The van der Waals surface area contributed by atoms with Crippen molar-refractivity contribution < 1.29 is 14.7 Å². The first-order valence-corrected chi connectivity index (χ1v) is 7.33. The number of amides is 2. The molecule has 0 heterocycles. The van der Waals surface area contributed by atoms with Crippen molar-refractivity contribution >= 4 is 17.7 Å². The van der Waals surface area contributed by atoms with Crippen LogP contribution in [-0.2, 0) is 10.2 Å². The molecule has 2 rings (SSSR count). The Morgan fingerprint density at radius 1 is 1.24 bits per heavy atom. The Hall–Kier alpha value is -2.04. The average molecular weight is 290 g/mol. The van der Waals surface area contributed by atoms with E-state index in [1.54, 1.807) is 24.3 Å². The molecule has 21 heavy (non-hydrogen) atoms. The minimum Gasteiger partial charge on any atom is -0.481 e. The van der Waals surface area contributed by atoms with Crippen LogP contribution in [0.1, 0.15) is 38.7 Å². The van der Waals surface area contributed by atoms with Gasteiger partial charge < -0.3 is 15.7 Å². The van der Waals surface area contributed by atoms with E-state index in [0.29, 0.717) is 31.0 Å². The summed E-state index contributed by atoms with van der Waals surface area (Å²) in [4.78, 5) is 22.9. The van der Waals surface area contributed by atoms with Crippen LogP contribution in [0.4, 0.5) is 10.5 Å². The summed E-state index contributed by atoms with van der Waals surface area (Å²) >= 11 is 0. The molecule has 1 fully saturated rings. The molecule has 5 nitrogen and oxygen atoms in total. The summed E-state index contributed by atoms with van der Waals surface area (Å²) in [5.74, 6) is -0.218. The van der Waals surface area contributed by atoms with Gasteiger partial charge in [0.25, 0.3) is 0 Å². The molecule has 1 aromatic rings. The lowest BCUT2D eigenvalue weighted by Gasteiger charge is -2.12. The molecule has 0 radical (unpaired) electrons. The molecule has 0 bridgehead atoms. The Labute approximate surface area is 124 Å². The predicted octanol–water partition coefficient (Wildman–Crippen LogP) is 2.97. The first kappa shape index (κ1) is 15.4. The van der Waals surface area contributed by atoms with E-state index >= 15 is 0 Å². The third kappa shape index (κ3) is 3.74. The normalized spacial score (nSPS) is 15.6. The number of hydrogen-bond donors (Lipinski definition) is 3. The topological polar surface area (TPSA) is 78.4 Å². The molecule has 0 spiro atoms. The zero-order chi connectivity index (χ0) is 15.5. The van der Waals surface area contributed by atoms with Crippen molar-refractivity contribution in [2.45, 2.75) is 38.5 Å². The van der Waals surface area contributed by atoms with Crippen LogP contribution in [0.15, 0.2) is 24.3 Å². The Morgan fingerprint density at radius 3 is 2.33 bits per heavy atom. The van der Waals surface area contributed by atoms with Crippen molar-refractivity contribution in [1.29, 1.82) is 0 Å². The minimum atomic E-state index is -0.769. The van der Waals surface area contributed by atoms with Crippen LogP contribution in [-0.4, -0.2) is 23.7 Å². The number of anilines is 1. The van der Waals surface area contributed by atoms with E-state index in [-0.39, 0.29) is 6.03 Å². The molecular weight excluding hydrogens is 268 g/mol. The Balaban J connectivity index is 1.88. The van der Waals surface area contributed by atoms with E-state index in [2.05, 4.69) is 24.5 Å². The molecule has 0 unspecified atom stereocenters. The molecule has 2 amide bonds. The van der Waals surface area contributed by atoms with E-state index in [9.17, 15) is 14.7 Å². The second kappa shape index (κ2) is 6.16. The van der Waals surface area contributed by atoms with Crippen LogP contribution < -0.4 is 10.6 Å². The van der Waals surface area contributed by atoms with Crippen LogP contribution in [0.2, 0.25) is 0 Å². The largest absolute Gasteiger partial charge is 0.481 e. The highest BCUT2D eigenvalue weighted by Gasteiger charge is 2.51. The second-order valence-corrected chi connectivity index (χ2v) is 6.03. The summed E-state index contributed by atoms with van der Waals surface area (Å²) in [5, 5.41) is 14.8. The lowest BCUT2D eigenvalue weighted by molar-refractivity contribution is -0.140. The Kier molecular flexibility index (Phi) is 4.50. The first-order valence-electron chi connectivity index (χ1n) is 7.33. The smallest absolute Gasteiger partial charge is 0.319 e. The molecule has 0 atom stereocenters. The lowest BCUT2D eigenvalue weighted by atomic mass is 9.96. The average Bonchev–Trinajstić information content (AvgIpc) is 3.20. The van der Waals surface area contributed by atoms with Crippen molar-refractivity contribution in [3.8, 4) is 0 Å². The minimum absolute atomic E-state index is 0.234. The van der Waals surface area contributed by atoms with Gasteiger partial charge in [0.05, 0.1) is 5.41 Å². The van der Waals surface area contributed by atoms with E-state index in [4.69, 9.17) is 0 Å². The van der Waals surface area contributed by atoms with Crippen molar-refractivity contribution in [3.05, 3.63) is 29.8 Å². The second-order valence-electron chi connectivity index (χ2n) is 6.03. The van der Waals surface area contributed by atoms with Gasteiger partial charge in [-0.05, 0) is 42.9 Å². The lowest BCUT2D eigenvalue weighted by Crippen LogP contribution is -2.30. The summed E-state index contributed by atoms with van der Waals surface area (Å²) in [7, 11) is 0. The highest BCUT2D eigenvalue weighted by Crippen LogP contribution is 2.48. The van der Waals surface area contributed by atoms with Gasteiger partial charge >= 0.3 is 12.0 Å². The highest BCUT2D eigenvalue weighted by molar-refractivity contribution is 5.89. The molecule has 0 aliphatic heterocycles. The van der Waals surface area contributed by atoms with E-state index in [0.717, 1.165) is 12.0 Å². The van der Waals surface area contributed by atoms with Crippen LogP contribution in [0.3, 0.4) is 0 Å². The van der Waals surface area contributed by atoms with Crippen molar-refractivity contribution in [2.75, 3.05) is 11.9 Å². The number of carbonyl (C=O) groups excluding carboxylic acids is 1. The molecule has 3 N–H and O–H groups in total. The van der Waals surface area contributed by atoms with Crippen molar-refractivity contribution in [1.82, 2.24) is 5.32 Å². The van der Waals surface area contributed by atoms with Gasteiger partial charge in [0.1, 0.15) is 0 Å². The molecule has 114 valence electrons. The van der Waals surface area contributed by atoms with Crippen LogP contribution in [0, 0.1) is 5.92 Å². The number of aliphatic carboxylic acids is 1. The van der Waals surface area contributed by atoms with Gasteiger partial charge in [-0.1, -0.05) is 26.0 Å². The Morgan fingerprint density at radius 2 is 1.86 bits per heavy atom. The van der Waals surface area contributed by atoms with Gasteiger partial charge in [-0.25, -0.2) is 4.79 Å². The molecule has 1 aliphatic rings. The summed E-state index contributed by atoms with van der Waals surface area (Å²) in [6.45, 7) is 4.85. The fraction of sp³-hybridized carbons (Fsp3) is 0.500. The van der Waals surface area contributed by atoms with Gasteiger partial charge in [0.2, 0.25) is 0 Å². The number of carboxylic acid groups (broad SMARTS) is 1. The third-order valence-electron chi connectivity index (χ3n) is 3.86. The van der Waals surface area contributed by atoms with E-state index in [1.165, 1.54) is 0 Å². The van der Waals surface area contributed by atoms with Crippen molar-refractivity contribution in [2.24, 2.45) is 5.92 Å². The van der Waals surface area contributed by atoms with Crippen LogP contribution in [0.5, 0.6) is 0 Å². The number of hydrogen-bond acceptors (Lipinski definition) is 2. The fourth-order valence-electron chi connectivity index (χ4n) is 2.27. The number of benzene rings is 1. The summed E-state index contributed by atoms with van der Waals surface area (Å²) in [5.41, 5.74) is 0.778. The summed E-state index contributed by atoms with van der Waals surface area (Å²) < 4.78 is 0. The number of rotatable bonds is 6. The zero-order valence-corrected chi connectivity index (χ0v) is 12.5. The van der Waals surface area contributed by atoms with Gasteiger partial charge in [-0.3, -0.25) is 4.79 Å². The number of carboxylic acids is 1. The molecular formula is C16H22N2O3. The predicted molar refractivity (Wildman–Crippen MR) is 81.5 cm³/mol. The monoisotopic (exact) mass is 290 g/mol. The van der Waals surface area contributed by atoms with Gasteiger partial charge in [0.15, 0.2) is 0 Å². The van der Waals surface area contributed by atoms with E-state index < -0.39 is 11.4 Å². The van der Waals surface area contributed by atoms with Gasteiger partial charge in [0, 0.05) is 12.2 Å². The zero-order valence-electron chi connectivity index (χ0n) is 12.5. The summed E-state index contributed by atoms with van der Waals surface area (Å²) in [6, 6.07) is 6.83. The molecule has 1 saturated carbocycles. The molecule has 0 saturated heterocycles. The van der Waals surface area contributed by atoms with Crippen LogP contribution in [0.25, 0.3) is 0 Å². The number of carbonyl (C=O) groups is 2.